The number of halogens is 2. The summed E-state index contributed by atoms with van der Waals surface area (Å²) in [5, 5.41) is 17.1. The van der Waals surface area contributed by atoms with Crippen molar-refractivity contribution < 1.29 is 16.5 Å². The van der Waals surface area contributed by atoms with Crippen LogP contribution in [0.1, 0.15) is 54.4 Å². The molecule has 0 bridgehead atoms. The molecule has 43 heavy (non-hydrogen) atoms. The van der Waals surface area contributed by atoms with Crippen molar-refractivity contribution in [1.29, 1.82) is 0 Å². The number of aryl methyl sites for hydroxylation is 4. The van der Waals surface area contributed by atoms with E-state index in [4.69, 9.17) is 24.6 Å². The van der Waals surface area contributed by atoms with Crippen LogP contribution in [0, 0.1) is 0 Å². The van der Waals surface area contributed by atoms with E-state index in [-0.39, 0.29) is 12.3 Å². The van der Waals surface area contributed by atoms with Crippen LogP contribution in [0.4, 0.5) is 17.6 Å². The van der Waals surface area contributed by atoms with Crippen LogP contribution in [0.3, 0.4) is 0 Å². The van der Waals surface area contributed by atoms with Crippen LogP contribution in [0.5, 0.6) is 0 Å². The Morgan fingerprint density at radius 1 is 0.814 bits per heavy atom. The van der Waals surface area contributed by atoms with Crippen LogP contribution in [-0.2, 0) is 42.2 Å². The van der Waals surface area contributed by atoms with E-state index in [1.165, 1.54) is 66.6 Å². The number of nitrogens with one attached hydrogen (secondary N) is 1. The van der Waals surface area contributed by atoms with Crippen molar-refractivity contribution in [2.75, 3.05) is 24.1 Å². The molecule has 1 aliphatic heterocycles. The summed E-state index contributed by atoms with van der Waals surface area (Å²) in [7, 11) is 9.75. The Morgan fingerprint density at radius 2 is 1.53 bits per heavy atom. The maximum absolute atomic E-state index is 6.29. The average molecular weight is 807 g/mol. The van der Waals surface area contributed by atoms with Crippen molar-refractivity contribution >= 4 is 36.4 Å². The predicted octanol–water partition coefficient (Wildman–Crippen LogP) is 6.58. The Balaban J connectivity index is 0.000000814. The monoisotopic (exact) mass is 805 g/mol. The van der Waals surface area contributed by atoms with E-state index in [0.717, 1.165) is 43.5 Å². The molecule has 10 nitrogen and oxygen atoms in total. The van der Waals surface area contributed by atoms with Crippen molar-refractivity contribution in [3.8, 4) is 17.1 Å². The second-order valence-electron chi connectivity index (χ2n) is 10.9. The zero-order valence-electron chi connectivity index (χ0n) is 24.2. The molecule has 3 aliphatic rings. The van der Waals surface area contributed by atoms with Crippen LogP contribution in [-0.4, -0.2) is 49.0 Å². The van der Waals surface area contributed by atoms with Crippen LogP contribution < -0.4 is 23.4 Å². The van der Waals surface area contributed by atoms with Gasteiger partial charge in [-0.3, -0.25) is 0 Å². The van der Waals surface area contributed by atoms with E-state index in [9.17, 15) is 0 Å². The van der Waals surface area contributed by atoms with Gasteiger partial charge in [0.15, 0.2) is 5.82 Å². The molecule has 7 rings (SSSR count). The fourth-order valence-electron chi connectivity index (χ4n) is 6.49. The Bertz CT molecular complexity index is 1510. The number of benzene rings is 2. The molecule has 13 heteroatoms. The SMILES string of the molecule is N.N.Nc1nc(Nc2ccc3c(c2)CC[C@@H](N2CCCC2)CC3)nn1-c1cc2c(nn1)-c1ccccc1CCC2.[Cl][Pt][Cl]. The van der Waals surface area contributed by atoms with Crippen LogP contribution >= 0.6 is 18.8 Å². The Labute approximate surface area is 269 Å². The normalized spacial score (nSPS) is 17.5. The standard InChI is InChI=1S/C30H34N8.2ClH.2H3N.Pt/c31-29-33-30(32-24-13-10-20-11-14-25(15-12-22(20)18-24)37-16-3-4-17-37)36-38(29)27-19-23-8-5-7-21-6-1-2-9-26(21)28(23)35-34-27;;;;;/h1-2,6,9-10,13,18-19,25H,3-5,7-8,11-12,14-17H2,(H3,31,32,33,36);2*1H;2*1H3;/q;;;;;+2/p-2/t25-;;;;;/m0...../s1. The van der Waals surface area contributed by atoms with E-state index >= 15 is 0 Å². The Kier molecular flexibility index (Phi) is 11.9. The van der Waals surface area contributed by atoms with Gasteiger partial charge in [0, 0.05) is 17.3 Å². The van der Waals surface area contributed by atoms with E-state index < -0.39 is 16.5 Å². The van der Waals surface area contributed by atoms with Gasteiger partial charge in [-0.2, -0.15) is 9.67 Å². The number of nitrogens with two attached hydrogens (primary N) is 1. The molecule has 1 atom stereocenters. The van der Waals surface area contributed by atoms with E-state index in [2.05, 4.69) is 79.0 Å². The third-order valence-corrected chi connectivity index (χ3v) is 8.49. The maximum atomic E-state index is 6.29. The van der Waals surface area contributed by atoms with Gasteiger partial charge < -0.3 is 28.3 Å². The summed E-state index contributed by atoms with van der Waals surface area (Å²) >= 11 is -0.472. The number of anilines is 3. The summed E-state index contributed by atoms with van der Waals surface area (Å²) in [6.45, 7) is 2.54. The zero-order chi connectivity index (χ0) is 28.2. The summed E-state index contributed by atoms with van der Waals surface area (Å²) in [5.41, 5.74) is 14.8. The number of aromatic nitrogens is 5. The molecule has 0 spiro atoms. The predicted molar refractivity (Wildman–Crippen MR) is 172 cm³/mol. The quantitative estimate of drug-likeness (QED) is 0.167. The zero-order valence-corrected chi connectivity index (χ0v) is 28.0. The molecular weight excluding hydrogens is 766 g/mol. The van der Waals surface area contributed by atoms with Crippen molar-refractivity contribution in [1.82, 2.24) is 42.2 Å². The number of hydrogen-bond acceptors (Lipinski definition) is 9. The van der Waals surface area contributed by atoms with Crippen LogP contribution in [0.25, 0.3) is 17.1 Å². The first-order chi connectivity index (χ1) is 20.1. The van der Waals surface area contributed by atoms with Crippen molar-refractivity contribution in [3.63, 3.8) is 0 Å². The Morgan fingerprint density at radius 3 is 2.33 bits per heavy atom. The van der Waals surface area contributed by atoms with Gasteiger partial charge in [-0.15, -0.1) is 15.3 Å². The number of fused-ring (bicyclic) bond motifs is 4. The van der Waals surface area contributed by atoms with E-state index in [1.807, 2.05) is 0 Å². The van der Waals surface area contributed by atoms with Crippen molar-refractivity contribution in [2.24, 2.45) is 0 Å². The summed E-state index contributed by atoms with van der Waals surface area (Å²) in [6, 6.07) is 17.9. The molecule has 2 aliphatic carbocycles. The molecule has 2 aromatic heterocycles. The molecule has 234 valence electrons. The molecule has 4 aromatic rings. The molecular formula is C30H40Cl2N10Pt. The first kappa shape index (κ1) is 33.3. The molecule has 9 N–H and O–H groups in total. The fourth-order valence-corrected chi connectivity index (χ4v) is 6.49. The fraction of sp³-hybridized carbons (Fsp3) is 0.400. The minimum atomic E-state index is -0.472. The van der Waals surface area contributed by atoms with Gasteiger partial charge in [0.05, 0.1) is 5.69 Å². The molecule has 1 saturated heterocycles. The molecule has 0 saturated carbocycles. The summed E-state index contributed by atoms with van der Waals surface area (Å²) in [4.78, 5) is 7.19. The van der Waals surface area contributed by atoms with Crippen LogP contribution in [0.15, 0.2) is 48.5 Å². The topological polar surface area (TPSA) is 168 Å². The van der Waals surface area contributed by atoms with Gasteiger partial charge >= 0.3 is 35.3 Å². The number of hydrogen-bond donors (Lipinski definition) is 4. The third kappa shape index (κ3) is 7.56. The van der Waals surface area contributed by atoms with E-state index in [0.29, 0.717) is 23.8 Å². The van der Waals surface area contributed by atoms with Gasteiger partial charge in [0.25, 0.3) is 0 Å². The molecule has 0 unspecified atom stereocenters. The first-order valence-corrected chi connectivity index (χ1v) is 19.9. The molecule has 0 radical (unpaired) electrons. The molecule has 1 fully saturated rings. The number of nitrogen functional groups attached to an aromatic ring is 1. The molecule has 3 heterocycles. The number of nitrogens with zero attached hydrogens (tertiary/aromatic N) is 6. The summed E-state index contributed by atoms with van der Waals surface area (Å²) < 4.78 is 1.58. The molecule has 2 aromatic carbocycles. The minimum absolute atomic E-state index is 0. The summed E-state index contributed by atoms with van der Waals surface area (Å²) in [5.74, 6) is 1.35. The molecule has 0 amide bonds. The van der Waals surface area contributed by atoms with Crippen molar-refractivity contribution in [3.05, 3.63) is 70.8 Å². The second-order valence-corrected chi connectivity index (χ2v) is 14.2. The van der Waals surface area contributed by atoms with Crippen molar-refractivity contribution in [2.45, 2.75) is 63.8 Å². The van der Waals surface area contributed by atoms with E-state index in [1.54, 1.807) is 4.68 Å². The van der Waals surface area contributed by atoms with Gasteiger partial charge in [-0.1, -0.05) is 30.3 Å². The van der Waals surface area contributed by atoms with Gasteiger partial charge in [0.1, 0.15) is 0 Å². The summed E-state index contributed by atoms with van der Waals surface area (Å²) in [6.07, 6.45) is 10.5. The van der Waals surface area contributed by atoms with Gasteiger partial charge in [-0.05, 0) is 111 Å². The third-order valence-electron chi connectivity index (χ3n) is 8.49. The van der Waals surface area contributed by atoms with Crippen LogP contribution in [0.2, 0.25) is 0 Å². The second kappa shape index (κ2) is 15.4. The first-order valence-electron chi connectivity index (χ1n) is 14.3. The van der Waals surface area contributed by atoms with Gasteiger partial charge in [0.2, 0.25) is 11.9 Å². The average Bonchev–Trinajstić information content (AvgIpc) is 3.54. The Hall–Kier alpha value is -2.59. The number of likely N-dealkylation sites (tertiary alicyclic amines) is 1. The van der Waals surface area contributed by atoms with Gasteiger partial charge in [-0.25, -0.2) is 0 Å². The number of rotatable bonds is 4.